The number of carboxylic acids is 4. The largest absolute Gasteiger partial charge is 4.00 e. The molecule has 0 aliphatic heterocycles. The predicted molar refractivity (Wildman–Crippen MR) is 118 cm³/mol. The summed E-state index contributed by atoms with van der Waals surface area (Å²) in [4.78, 5) is 80.7. The molecule has 0 fully saturated rings. The number of ketones is 4. The van der Waals surface area contributed by atoms with E-state index < -0.39 is 49.6 Å². The quantitative estimate of drug-likeness (QED) is 0.173. The van der Waals surface area contributed by atoms with Crippen molar-refractivity contribution in [3.8, 4) is 0 Å². The first-order chi connectivity index (χ1) is 16.7. The van der Waals surface area contributed by atoms with E-state index in [0.717, 1.165) is 0 Å². The fourth-order valence-electron chi connectivity index (χ4n) is 2.11. The number of hydrogen-bond acceptors (Lipinski definition) is 12. The second-order valence-electron chi connectivity index (χ2n) is 7.35. The Kier molecular flexibility index (Phi) is 37.8. The Bertz CT molecular complexity index is 597. The van der Waals surface area contributed by atoms with Crippen LogP contribution in [0.5, 0.6) is 0 Å². The van der Waals surface area contributed by atoms with Gasteiger partial charge in [0.25, 0.3) is 0 Å². The second-order valence-corrected chi connectivity index (χ2v) is 7.35. The van der Waals surface area contributed by atoms with Gasteiger partial charge in [-0.1, -0.05) is 27.7 Å². The minimum Gasteiger partial charge on any atom is -0.550 e. The zero-order valence-corrected chi connectivity index (χ0v) is 24.3. The molecule has 0 bridgehead atoms. The van der Waals surface area contributed by atoms with Crippen molar-refractivity contribution in [3.05, 3.63) is 0 Å². The summed E-state index contributed by atoms with van der Waals surface area (Å²) in [5, 5.41) is 39.0. The fourth-order valence-corrected chi connectivity index (χ4v) is 2.11. The number of carbonyl (C=O) groups excluding carboxylic acids is 8. The van der Waals surface area contributed by atoms with E-state index in [9.17, 15) is 58.8 Å². The number of Topliss-reactive ketones (excluding diaryl/α,β-unsaturated/α-hetero) is 4. The minimum atomic E-state index is -1.28. The van der Waals surface area contributed by atoms with E-state index >= 15 is 0 Å². The van der Waals surface area contributed by atoms with E-state index in [1.165, 1.54) is 0 Å². The molecule has 0 saturated heterocycles. The average molecular weight is 608 g/mol. The van der Waals surface area contributed by atoms with Gasteiger partial charge in [0.2, 0.25) is 0 Å². The minimum absolute atomic E-state index is 0. The summed E-state index contributed by atoms with van der Waals surface area (Å²) < 4.78 is 0. The van der Waals surface area contributed by atoms with Crippen LogP contribution < -0.4 is 20.4 Å². The zero-order valence-electron chi connectivity index (χ0n) is 21.9. The Morgan fingerprint density at radius 2 is 0.514 bits per heavy atom. The van der Waals surface area contributed by atoms with Gasteiger partial charge in [0.05, 0.1) is 0 Å². The van der Waals surface area contributed by atoms with Crippen LogP contribution in [0.1, 0.15) is 105 Å². The maximum atomic E-state index is 10.4. The number of aliphatic carboxylic acids is 4. The molecule has 0 aromatic rings. The Labute approximate surface area is 236 Å². The van der Waals surface area contributed by atoms with E-state index in [1.54, 1.807) is 0 Å². The van der Waals surface area contributed by atoms with Gasteiger partial charge < -0.3 is 39.6 Å². The zero-order chi connectivity index (χ0) is 29.1. The molecular formula is C24H36O12Zr. The Balaban J connectivity index is -0.000000122. The molecule has 208 valence electrons. The van der Waals surface area contributed by atoms with Gasteiger partial charge in [-0.2, -0.15) is 0 Å². The number of carboxylic acid groups (broad SMARTS) is 4. The first-order valence-corrected chi connectivity index (χ1v) is 11.5. The van der Waals surface area contributed by atoms with Crippen LogP contribution in [0.15, 0.2) is 0 Å². The topological polar surface area (TPSA) is 229 Å². The molecule has 0 radical (unpaired) electrons. The standard InChI is InChI=1S/4C6H10O3.Zr/c4*1-2-3-5(7)4-6(8)9;/h4*2-4H2,1H3,(H,8,9);/q;;;;+4/p-4. The Hall–Kier alpha value is -2.56. The SMILES string of the molecule is CCCC(=O)CC(=O)[O-].CCCC(=O)CC(=O)[O-].CCCC(=O)CC(=O)[O-].CCCC(=O)CC(=O)[O-].[Zr+4]. The summed E-state index contributed by atoms with van der Waals surface area (Å²) >= 11 is 0. The summed E-state index contributed by atoms with van der Waals surface area (Å²) in [6.07, 6.45) is 2.42. The van der Waals surface area contributed by atoms with Gasteiger partial charge in [-0.25, -0.2) is 0 Å². The van der Waals surface area contributed by atoms with E-state index in [4.69, 9.17) is 0 Å². The van der Waals surface area contributed by atoms with E-state index in [0.29, 0.717) is 51.4 Å². The van der Waals surface area contributed by atoms with Crippen molar-refractivity contribution in [3.63, 3.8) is 0 Å². The summed E-state index contributed by atoms with van der Waals surface area (Å²) in [5.41, 5.74) is 0. The maximum absolute atomic E-state index is 10.4. The van der Waals surface area contributed by atoms with Crippen molar-refractivity contribution in [2.45, 2.75) is 105 Å². The molecule has 0 aliphatic carbocycles. The third-order valence-electron chi connectivity index (χ3n) is 3.48. The molecule has 0 amide bonds. The molecule has 37 heavy (non-hydrogen) atoms. The van der Waals surface area contributed by atoms with Crippen molar-refractivity contribution >= 4 is 47.0 Å². The van der Waals surface area contributed by atoms with Crippen LogP contribution in [0.3, 0.4) is 0 Å². The van der Waals surface area contributed by atoms with E-state index in [-0.39, 0.29) is 49.3 Å². The van der Waals surface area contributed by atoms with Crippen LogP contribution >= 0.6 is 0 Å². The normalized spacial score (nSPS) is 8.76. The van der Waals surface area contributed by atoms with E-state index in [2.05, 4.69) is 0 Å². The van der Waals surface area contributed by atoms with Crippen molar-refractivity contribution in [1.82, 2.24) is 0 Å². The molecule has 0 spiro atoms. The van der Waals surface area contributed by atoms with Crippen LogP contribution in [0, 0.1) is 0 Å². The van der Waals surface area contributed by atoms with Crippen LogP contribution in [-0.2, 0) is 64.6 Å². The van der Waals surface area contributed by atoms with Gasteiger partial charge in [0, 0.05) is 75.2 Å². The Morgan fingerprint density at radius 1 is 0.378 bits per heavy atom. The average Bonchev–Trinajstić information content (AvgIpc) is 2.68. The van der Waals surface area contributed by atoms with Gasteiger partial charge >= 0.3 is 26.2 Å². The van der Waals surface area contributed by atoms with Crippen molar-refractivity contribution in [1.29, 1.82) is 0 Å². The van der Waals surface area contributed by atoms with Crippen LogP contribution in [-0.4, -0.2) is 47.0 Å². The van der Waals surface area contributed by atoms with Gasteiger partial charge in [-0.3, -0.25) is 19.2 Å². The van der Waals surface area contributed by atoms with Gasteiger partial charge in [-0.05, 0) is 25.7 Å². The van der Waals surface area contributed by atoms with Gasteiger partial charge in [0.1, 0.15) is 23.1 Å². The fraction of sp³-hybridized carbons (Fsp3) is 0.667. The first kappa shape index (κ1) is 44.4. The monoisotopic (exact) mass is 606 g/mol. The summed E-state index contributed by atoms with van der Waals surface area (Å²) in [5.74, 6) is -6.14. The van der Waals surface area contributed by atoms with Gasteiger partial charge in [0.15, 0.2) is 0 Å². The summed E-state index contributed by atoms with van der Waals surface area (Å²) in [7, 11) is 0. The molecule has 0 N–H and O–H groups in total. The molecule has 0 aromatic carbocycles. The molecule has 0 rings (SSSR count). The molecule has 0 aromatic heterocycles. The van der Waals surface area contributed by atoms with Crippen LogP contribution in [0.4, 0.5) is 0 Å². The van der Waals surface area contributed by atoms with E-state index in [1.807, 2.05) is 27.7 Å². The van der Waals surface area contributed by atoms with Gasteiger partial charge in [-0.15, -0.1) is 0 Å². The molecule has 12 nitrogen and oxygen atoms in total. The molecule has 0 heterocycles. The molecule has 0 atom stereocenters. The third kappa shape index (κ3) is 51.1. The van der Waals surface area contributed by atoms with Crippen LogP contribution in [0.25, 0.3) is 0 Å². The molecule has 0 aliphatic rings. The number of carbonyl (C=O) groups is 8. The first-order valence-electron chi connectivity index (χ1n) is 11.5. The maximum Gasteiger partial charge on any atom is 4.00 e. The molecule has 0 unspecified atom stereocenters. The summed E-state index contributed by atoms with van der Waals surface area (Å²) in [6.45, 7) is 7.31. The number of hydrogen-bond donors (Lipinski definition) is 0. The molecule has 13 heteroatoms. The van der Waals surface area contributed by atoms with Crippen molar-refractivity contribution < 1.29 is 85.0 Å². The van der Waals surface area contributed by atoms with Crippen molar-refractivity contribution in [2.75, 3.05) is 0 Å². The second kappa shape index (κ2) is 31.5. The third-order valence-corrected chi connectivity index (χ3v) is 3.48. The molecule has 0 saturated carbocycles. The predicted octanol–water partition coefficient (Wildman–Crippen LogP) is -2.02. The Morgan fingerprint density at radius 3 is 0.595 bits per heavy atom. The molecular weight excluding hydrogens is 571 g/mol. The number of rotatable bonds is 16. The van der Waals surface area contributed by atoms with Crippen LogP contribution in [0.2, 0.25) is 0 Å². The van der Waals surface area contributed by atoms with Crippen molar-refractivity contribution in [2.24, 2.45) is 0 Å². The smallest absolute Gasteiger partial charge is 0.550 e. The summed E-state index contributed by atoms with van der Waals surface area (Å²) in [6, 6.07) is 0.